The lowest BCUT2D eigenvalue weighted by atomic mass is 10.2. The largest absolute Gasteiger partial charge is 0.326 e. The van der Waals surface area contributed by atoms with Crippen molar-refractivity contribution in [3.63, 3.8) is 0 Å². The predicted octanol–water partition coefficient (Wildman–Crippen LogP) is 2.17. The van der Waals surface area contributed by atoms with Crippen molar-refractivity contribution >= 4 is 41.2 Å². The summed E-state index contributed by atoms with van der Waals surface area (Å²) in [7, 11) is 0. The Morgan fingerprint density at radius 2 is 1.88 bits per heavy atom. The summed E-state index contributed by atoms with van der Waals surface area (Å²) < 4.78 is 0. The predicted molar refractivity (Wildman–Crippen MR) is 61.1 cm³/mol. The van der Waals surface area contributed by atoms with Crippen molar-refractivity contribution in [1.29, 1.82) is 0 Å². The number of benzene rings is 1. The quantitative estimate of drug-likeness (QED) is 0.598. The van der Waals surface area contributed by atoms with Crippen molar-refractivity contribution in [2.75, 3.05) is 0 Å². The number of halogens is 2. The van der Waals surface area contributed by atoms with Crippen LogP contribution in [0.15, 0.2) is 23.9 Å². The Morgan fingerprint density at radius 1 is 1.12 bits per heavy atom. The zero-order valence-electron chi connectivity index (χ0n) is 7.88. The molecule has 0 atom stereocenters. The first-order chi connectivity index (χ1) is 7.56. The van der Waals surface area contributed by atoms with Gasteiger partial charge in [0, 0.05) is 10.0 Å². The van der Waals surface area contributed by atoms with Crippen LogP contribution in [0.4, 0.5) is 4.79 Å². The van der Waals surface area contributed by atoms with Gasteiger partial charge in [-0.3, -0.25) is 10.1 Å². The smallest absolute Gasteiger partial charge is 0.303 e. The van der Waals surface area contributed by atoms with E-state index in [1.165, 1.54) is 6.08 Å². The topological polar surface area (TPSA) is 58.2 Å². The first-order valence-electron chi connectivity index (χ1n) is 4.35. The van der Waals surface area contributed by atoms with Crippen LogP contribution in [0, 0.1) is 0 Å². The van der Waals surface area contributed by atoms with E-state index in [0.29, 0.717) is 15.6 Å². The Labute approximate surface area is 101 Å². The van der Waals surface area contributed by atoms with Crippen LogP contribution in [0.2, 0.25) is 10.0 Å². The second-order valence-corrected chi connectivity index (χ2v) is 3.98. The van der Waals surface area contributed by atoms with Crippen LogP contribution in [-0.2, 0) is 4.79 Å². The van der Waals surface area contributed by atoms with Crippen molar-refractivity contribution in [3.05, 3.63) is 39.5 Å². The first-order valence-corrected chi connectivity index (χ1v) is 5.11. The van der Waals surface area contributed by atoms with Gasteiger partial charge in [-0.1, -0.05) is 29.3 Å². The summed E-state index contributed by atoms with van der Waals surface area (Å²) in [6.07, 6.45) is 1.49. The number of hydrogen-bond donors (Lipinski definition) is 2. The Balaban J connectivity index is 2.36. The number of urea groups is 1. The van der Waals surface area contributed by atoms with E-state index in [2.05, 4.69) is 10.6 Å². The molecule has 6 heteroatoms. The van der Waals surface area contributed by atoms with Gasteiger partial charge in [-0.05, 0) is 23.8 Å². The average molecular weight is 257 g/mol. The highest BCUT2D eigenvalue weighted by atomic mass is 35.5. The molecular weight excluding hydrogens is 251 g/mol. The van der Waals surface area contributed by atoms with Crippen LogP contribution in [-0.4, -0.2) is 11.9 Å². The molecule has 0 unspecified atom stereocenters. The van der Waals surface area contributed by atoms with Crippen LogP contribution in [0.25, 0.3) is 6.08 Å². The van der Waals surface area contributed by atoms with Crippen molar-refractivity contribution in [3.8, 4) is 0 Å². The molecule has 4 nitrogen and oxygen atoms in total. The van der Waals surface area contributed by atoms with E-state index in [9.17, 15) is 9.59 Å². The van der Waals surface area contributed by atoms with Gasteiger partial charge >= 0.3 is 6.03 Å². The third kappa shape index (κ3) is 2.18. The number of nitrogens with one attached hydrogen (secondary N) is 2. The highest BCUT2D eigenvalue weighted by Crippen LogP contribution is 2.23. The molecule has 1 aromatic rings. The SMILES string of the molecule is O=C1NC(=O)/C(=C\c2ccc(Cl)cc2Cl)N1. The molecule has 0 bridgehead atoms. The third-order valence-electron chi connectivity index (χ3n) is 1.98. The monoisotopic (exact) mass is 256 g/mol. The number of carbonyl (C=O) groups is 2. The normalized spacial score (nSPS) is 17.5. The van der Waals surface area contributed by atoms with Gasteiger partial charge in [0.15, 0.2) is 0 Å². The molecule has 0 aliphatic carbocycles. The lowest BCUT2D eigenvalue weighted by molar-refractivity contribution is -0.115. The standard InChI is InChI=1S/C10H6Cl2N2O2/c11-6-2-1-5(7(12)4-6)3-8-9(15)14-10(16)13-8/h1-4H,(H2,13,14,15,16)/b8-3+. The van der Waals surface area contributed by atoms with Crippen molar-refractivity contribution in [2.45, 2.75) is 0 Å². The van der Waals surface area contributed by atoms with Gasteiger partial charge in [-0.25, -0.2) is 4.79 Å². The van der Waals surface area contributed by atoms with Crippen LogP contribution in [0.1, 0.15) is 5.56 Å². The van der Waals surface area contributed by atoms with Crippen LogP contribution in [0.5, 0.6) is 0 Å². The first kappa shape index (κ1) is 11.0. The molecule has 1 aliphatic rings. The summed E-state index contributed by atoms with van der Waals surface area (Å²) in [6.45, 7) is 0. The van der Waals surface area contributed by atoms with Gasteiger partial charge in [0.25, 0.3) is 5.91 Å². The third-order valence-corrected chi connectivity index (χ3v) is 2.54. The van der Waals surface area contributed by atoms with Crippen LogP contribution in [0.3, 0.4) is 0 Å². The molecule has 0 spiro atoms. The summed E-state index contributed by atoms with van der Waals surface area (Å²) in [5.74, 6) is -0.476. The lowest BCUT2D eigenvalue weighted by Gasteiger charge is -1.99. The van der Waals surface area contributed by atoms with E-state index in [4.69, 9.17) is 23.2 Å². The zero-order valence-corrected chi connectivity index (χ0v) is 9.39. The minimum Gasteiger partial charge on any atom is -0.303 e. The summed E-state index contributed by atoms with van der Waals surface area (Å²) in [5, 5.41) is 5.37. The van der Waals surface area contributed by atoms with E-state index >= 15 is 0 Å². The summed E-state index contributed by atoms with van der Waals surface area (Å²) in [5.41, 5.74) is 0.771. The Hall–Kier alpha value is -1.52. The highest BCUT2D eigenvalue weighted by Gasteiger charge is 2.22. The van der Waals surface area contributed by atoms with Crippen molar-refractivity contribution < 1.29 is 9.59 Å². The highest BCUT2D eigenvalue weighted by molar-refractivity contribution is 6.35. The molecular formula is C10H6Cl2N2O2. The molecule has 2 rings (SSSR count). The fourth-order valence-corrected chi connectivity index (χ4v) is 1.72. The van der Waals surface area contributed by atoms with Crippen molar-refractivity contribution in [1.82, 2.24) is 10.6 Å². The molecule has 16 heavy (non-hydrogen) atoms. The maximum absolute atomic E-state index is 11.2. The fraction of sp³-hybridized carbons (Fsp3) is 0. The van der Waals surface area contributed by atoms with Gasteiger partial charge in [0.2, 0.25) is 0 Å². The van der Waals surface area contributed by atoms with Gasteiger partial charge in [0.05, 0.1) is 0 Å². The van der Waals surface area contributed by atoms with Gasteiger partial charge in [0.1, 0.15) is 5.70 Å². The Kier molecular flexibility index (Phi) is 2.85. The second kappa shape index (κ2) is 4.15. The molecule has 2 N–H and O–H groups in total. The molecule has 0 saturated carbocycles. The molecule has 82 valence electrons. The van der Waals surface area contributed by atoms with Gasteiger partial charge in [-0.15, -0.1) is 0 Å². The lowest BCUT2D eigenvalue weighted by Crippen LogP contribution is -2.22. The molecule has 1 saturated heterocycles. The van der Waals surface area contributed by atoms with E-state index in [1.807, 2.05) is 0 Å². The fourth-order valence-electron chi connectivity index (χ4n) is 1.26. The van der Waals surface area contributed by atoms with Crippen molar-refractivity contribution in [2.24, 2.45) is 0 Å². The van der Waals surface area contributed by atoms with E-state index in [-0.39, 0.29) is 5.70 Å². The Morgan fingerprint density at radius 3 is 2.44 bits per heavy atom. The minimum atomic E-state index is -0.540. The zero-order chi connectivity index (χ0) is 11.7. The molecule has 0 aromatic heterocycles. The minimum absolute atomic E-state index is 0.161. The summed E-state index contributed by atoms with van der Waals surface area (Å²) >= 11 is 11.6. The molecule has 0 radical (unpaired) electrons. The van der Waals surface area contributed by atoms with Gasteiger partial charge < -0.3 is 5.32 Å². The second-order valence-electron chi connectivity index (χ2n) is 3.13. The molecule has 1 aromatic carbocycles. The number of hydrogen-bond acceptors (Lipinski definition) is 2. The van der Waals surface area contributed by atoms with Gasteiger partial charge in [-0.2, -0.15) is 0 Å². The van der Waals surface area contributed by atoms with E-state index in [0.717, 1.165) is 0 Å². The van der Waals surface area contributed by atoms with Crippen LogP contribution >= 0.6 is 23.2 Å². The summed E-state index contributed by atoms with van der Waals surface area (Å²) in [6, 6.07) is 4.33. The maximum Gasteiger partial charge on any atom is 0.326 e. The maximum atomic E-state index is 11.2. The molecule has 1 aliphatic heterocycles. The molecule has 1 heterocycles. The average Bonchev–Trinajstić information content (AvgIpc) is 2.50. The summed E-state index contributed by atoms with van der Waals surface area (Å²) in [4.78, 5) is 22.1. The van der Waals surface area contributed by atoms with E-state index < -0.39 is 11.9 Å². The number of imide groups is 1. The Bertz CT molecular complexity index is 512. The molecule has 3 amide bonds. The number of carbonyl (C=O) groups excluding carboxylic acids is 2. The van der Waals surface area contributed by atoms with E-state index in [1.54, 1.807) is 18.2 Å². The molecule has 1 fully saturated rings. The van der Waals surface area contributed by atoms with Crippen LogP contribution < -0.4 is 10.6 Å². The number of amides is 3. The number of rotatable bonds is 1.